The molecule has 2 amide bonds. The molecular formula is C26H21N3O6. The van der Waals surface area contributed by atoms with Gasteiger partial charge in [0.15, 0.2) is 11.1 Å². The van der Waals surface area contributed by atoms with Gasteiger partial charge in [-0.15, -0.1) is 0 Å². The molecule has 3 heterocycles. The average Bonchev–Trinajstić information content (AvgIpc) is 2.88. The zero-order valence-electron chi connectivity index (χ0n) is 19.2. The molecule has 35 heavy (non-hydrogen) atoms. The quantitative estimate of drug-likeness (QED) is 0.251. The van der Waals surface area contributed by atoms with Gasteiger partial charge in [-0.25, -0.2) is 4.79 Å². The van der Waals surface area contributed by atoms with E-state index in [9.17, 15) is 24.5 Å². The van der Waals surface area contributed by atoms with Gasteiger partial charge in [-0.3, -0.25) is 19.7 Å². The van der Waals surface area contributed by atoms with Gasteiger partial charge < -0.3 is 14.5 Å². The highest BCUT2D eigenvalue weighted by Crippen LogP contribution is 2.57. The van der Waals surface area contributed by atoms with Crippen molar-refractivity contribution in [1.82, 2.24) is 9.80 Å². The number of esters is 1. The van der Waals surface area contributed by atoms with Crippen molar-refractivity contribution in [3.8, 4) is 0 Å². The van der Waals surface area contributed by atoms with Crippen LogP contribution in [0.3, 0.4) is 0 Å². The van der Waals surface area contributed by atoms with Gasteiger partial charge in [0.1, 0.15) is 5.56 Å². The average molecular weight is 471 g/mol. The Hall–Kier alpha value is -4.53. The number of hydrogen-bond acceptors (Lipinski definition) is 6. The van der Waals surface area contributed by atoms with Crippen LogP contribution in [0.5, 0.6) is 0 Å². The second kappa shape index (κ2) is 7.49. The molecule has 0 aromatic heterocycles. The number of benzene rings is 3. The molecule has 0 unspecified atom stereocenters. The maximum absolute atomic E-state index is 14.2. The largest absolute Gasteiger partial charge is 0.465 e. The number of carbonyl (C=O) groups excluding carboxylic acids is 3. The van der Waals surface area contributed by atoms with Gasteiger partial charge in [-0.2, -0.15) is 0 Å². The van der Waals surface area contributed by atoms with Crippen LogP contribution in [0.15, 0.2) is 72.8 Å². The highest BCUT2D eigenvalue weighted by atomic mass is 16.6. The molecule has 0 saturated carbocycles. The van der Waals surface area contributed by atoms with Crippen LogP contribution in [-0.2, 0) is 25.4 Å². The predicted molar refractivity (Wildman–Crippen MR) is 124 cm³/mol. The maximum Gasteiger partial charge on any atom is 0.344 e. The molecule has 3 aliphatic heterocycles. The van der Waals surface area contributed by atoms with Crippen LogP contribution >= 0.6 is 0 Å². The number of ether oxygens (including phenoxy) is 1. The van der Waals surface area contributed by atoms with E-state index in [1.165, 1.54) is 21.9 Å². The number of hydrogen-bond donors (Lipinski definition) is 0. The zero-order valence-corrected chi connectivity index (χ0v) is 19.2. The van der Waals surface area contributed by atoms with Gasteiger partial charge in [0.2, 0.25) is 11.8 Å². The van der Waals surface area contributed by atoms with Crippen LogP contribution in [-0.4, -0.2) is 53.7 Å². The van der Waals surface area contributed by atoms with Crippen LogP contribution < -0.4 is 0 Å². The van der Waals surface area contributed by atoms with Crippen molar-refractivity contribution in [2.75, 3.05) is 21.2 Å². The molecule has 3 aromatic carbocycles. The number of carbonyl (C=O) groups is 3. The van der Waals surface area contributed by atoms with Gasteiger partial charge in [-0.05, 0) is 17.2 Å². The summed E-state index contributed by atoms with van der Waals surface area (Å²) >= 11 is 0. The van der Waals surface area contributed by atoms with Crippen LogP contribution in [0.4, 0.5) is 5.69 Å². The fourth-order valence-electron chi connectivity index (χ4n) is 5.62. The Bertz CT molecular complexity index is 1380. The van der Waals surface area contributed by atoms with E-state index in [-0.39, 0.29) is 11.1 Å². The van der Waals surface area contributed by atoms with Crippen molar-refractivity contribution >= 4 is 23.5 Å². The predicted octanol–water partition coefficient (Wildman–Crippen LogP) is 2.81. The second-order valence-electron chi connectivity index (χ2n) is 8.55. The number of amides is 2. The second-order valence-corrected chi connectivity index (χ2v) is 8.55. The van der Waals surface area contributed by atoms with E-state index in [1.54, 1.807) is 74.8 Å². The summed E-state index contributed by atoms with van der Waals surface area (Å²) in [5.74, 6) is -1.91. The minimum atomic E-state index is -1.85. The van der Waals surface area contributed by atoms with Crippen LogP contribution in [0.1, 0.15) is 32.6 Å². The third kappa shape index (κ3) is 2.55. The van der Waals surface area contributed by atoms with E-state index in [4.69, 9.17) is 4.74 Å². The van der Waals surface area contributed by atoms with E-state index < -0.39 is 39.5 Å². The summed E-state index contributed by atoms with van der Waals surface area (Å²) in [6, 6.07) is 20.0. The molecule has 9 nitrogen and oxygen atoms in total. The standard InChI is InChI=1S/C26H21N3O6/c1-27-23(31)25(16-10-6-4-7-11-16)19-15-21(29(33)34)18(22(30)35-3)14-20(19)26(27,28(2)24(25)32)17-12-8-5-9-13-17/h4-15H,1-3H3. The number of rotatable bonds is 4. The Kier molecular flexibility index (Phi) is 4.77. The first-order chi connectivity index (χ1) is 16.7. The molecule has 0 radical (unpaired) electrons. The number of nitrogens with zero attached hydrogens (tertiary/aromatic N) is 3. The Morgan fingerprint density at radius 2 is 1.37 bits per heavy atom. The van der Waals surface area contributed by atoms with Crippen molar-refractivity contribution < 1.29 is 24.0 Å². The monoisotopic (exact) mass is 471 g/mol. The number of methoxy groups -OCH3 is 1. The van der Waals surface area contributed by atoms with Crippen molar-refractivity contribution in [3.05, 3.63) is 111 Å². The minimum Gasteiger partial charge on any atom is -0.465 e. The first-order valence-corrected chi connectivity index (χ1v) is 10.8. The summed E-state index contributed by atoms with van der Waals surface area (Å²) in [5.41, 5.74) is -2.50. The molecule has 2 bridgehead atoms. The van der Waals surface area contributed by atoms with E-state index in [2.05, 4.69) is 0 Å². The minimum absolute atomic E-state index is 0.179. The topological polar surface area (TPSA) is 110 Å². The van der Waals surface area contributed by atoms with Gasteiger partial charge in [0.05, 0.1) is 12.0 Å². The fourth-order valence-corrected chi connectivity index (χ4v) is 5.62. The third-order valence-electron chi connectivity index (χ3n) is 7.12. The van der Waals surface area contributed by atoms with E-state index >= 15 is 0 Å². The summed E-state index contributed by atoms with van der Waals surface area (Å²) in [5, 5.41) is 12.0. The summed E-state index contributed by atoms with van der Waals surface area (Å²) < 4.78 is 4.84. The molecule has 3 aliphatic rings. The Balaban J connectivity index is 2.01. The molecule has 0 atom stereocenters. The highest BCUT2D eigenvalue weighted by Gasteiger charge is 2.70. The van der Waals surface area contributed by atoms with Gasteiger partial charge in [0.25, 0.3) is 5.69 Å². The number of likely N-dealkylation sites (N-methyl/N-ethyl adjacent to an activating group) is 2. The lowest BCUT2D eigenvalue weighted by Gasteiger charge is -2.62. The van der Waals surface area contributed by atoms with Crippen molar-refractivity contribution in [3.63, 3.8) is 0 Å². The molecule has 3 aromatic rings. The molecule has 176 valence electrons. The summed E-state index contributed by atoms with van der Waals surface area (Å²) in [6.45, 7) is 0. The molecule has 0 aliphatic carbocycles. The SMILES string of the molecule is COC(=O)c1cc2c(cc1[N+](=O)[O-])C1(c3ccccc3)C(=O)N(C)C2(c2ccccc2)N(C)C1=O. The van der Waals surface area contributed by atoms with Crippen LogP contribution in [0.25, 0.3) is 0 Å². The molecular weight excluding hydrogens is 450 g/mol. The third-order valence-corrected chi connectivity index (χ3v) is 7.12. The Morgan fingerprint density at radius 3 is 1.86 bits per heavy atom. The molecule has 6 rings (SSSR count). The summed E-state index contributed by atoms with van der Waals surface area (Å²) in [7, 11) is 4.33. The lowest BCUT2D eigenvalue weighted by molar-refractivity contribution is -0.385. The smallest absolute Gasteiger partial charge is 0.344 e. The molecule has 1 saturated heterocycles. The Morgan fingerprint density at radius 1 is 0.857 bits per heavy atom. The van der Waals surface area contributed by atoms with E-state index in [0.29, 0.717) is 16.7 Å². The van der Waals surface area contributed by atoms with E-state index in [0.717, 1.165) is 7.11 Å². The van der Waals surface area contributed by atoms with Crippen molar-refractivity contribution in [2.24, 2.45) is 0 Å². The Labute approximate surface area is 200 Å². The van der Waals surface area contributed by atoms with Gasteiger partial charge in [0, 0.05) is 31.3 Å². The number of fused-ring (bicyclic) bond motifs is 2. The van der Waals surface area contributed by atoms with Gasteiger partial charge >= 0.3 is 5.97 Å². The molecule has 0 N–H and O–H groups in total. The van der Waals surface area contributed by atoms with Crippen molar-refractivity contribution in [2.45, 2.75) is 11.1 Å². The van der Waals surface area contributed by atoms with Crippen LogP contribution in [0, 0.1) is 10.1 Å². The molecule has 9 heteroatoms. The van der Waals surface area contributed by atoms with Gasteiger partial charge in [-0.1, -0.05) is 60.7 Å². The summed E-state index contributed by atoms with van der Waals surface area (Å²) in [4.78, 5) is 55.3. The lowest BCUT2D eigenvalue weighted by atomic mass is 9.60. The fraction of sp³-hybridized carbons (Fsp3) is 0.192. The lowest BCUT2D eigenvalue weighted by Crippen LogP contribution is -2.77. The first kappa shape index (κ1) is 22.3. The number of nitro benzene ring substituents is 1. The zero-order chi connectivity index (χ0) is 25.1. The summed E-state index contributed by atoms with van der Waals surface area (Å²) in [6.07, 6.45) is 0. The first-order valence-electron chi connectivity index (χ1n) is 10.8. The molecule has 0 spiro atoms. The molecule has 1 fully saturated rings. The maximum atomic E-state index is 14.2. The normalized spacial score (nSPS) is 22.7. The highest BCUT2D eigenvalue weighted by molar-refractivity contribution is 6.19. The van der Waals surface area contributed by atoms with E-state index in [1.807, 2.05) is 0 Å². The van der Waals surface area contributed by atoms with Crippen LogP contribution in [0.2, 0.25) is 0 Å². The van der Waals surface area contributed by atoms with Crippen molar-refractivity contribution in [1.29, 1.82) is 0 Å². The number of nitro groups is 1.